The van der Waals surface area contributed by atoms with Crippen LogP contribution in [0.4, 0.5) is 0 Å². The van der Waals surface area contributed by atoms with Crippen LogP contribution in [0.2, 0.25) is 0 Å². The molecule has 0 saturated carbocycles. The molecule has 0 fully saturated rings. The fourth-order valence-corrected chi connectivity index (χ4v) is 0.761. The number of halogens is 1. The van der Waals surface area contributed by atoms with Crippen molar-refractivity contribution < 1.29 is 4.79 Å². The summed E-state index contributed by atoms with van der Waals surface area (Å²) < 4.78 is 0. The van der Waals surface area contributed by atoms with Crippen LogP contribution in [0.3, 0.4) is 0 Å². The first kappa shape index (κ1) is 5.63. The van der Waals surface area contributed by atoms with Crippen molar-refractivity contribution in [3.63, 3.8) is 0 Å². The van der Waals surface area contributed by atoms with E-state index in [4.69, 9.17) is 11.6 Å². The maximum Gasteiger partial charge on any atom is 0.228 e. The maximum atomic E-state index is 10.4. The zero-order valence-corrected chi connectivity index (χ0v) is 5.03. The molecule has 0 spiro atoms. The van der Waals surface area contributed by atoms with Gasteiger partial charge in [-0.2, -0.15) is 0 Å². The van der Waals surface area contributed by atoms with Gasteiger partial charge in [0.1, 0.15) is 0 Å². The molecule has 0 unspecified atom stereocenters. The van der Waals surface area contributed by atoms with Crippen molar-refractivity contribution in [2.75, 3.05) is 5.88 Å². The summed E-state index contributed by atoms with van der Waals surface area (Å²) in [4.78, 5) is 10.4. The summed E-state index contributed by atoms with van der Waals surface area (Å²) in [6.45, 7) is 0. The van der Waals surface area contributed by atoms with Crippen LogP contribution in [0.25, 0.3) is 0 Å². The summed E-state index contributed by atoms with van der Waals surface area (Å²) in [6.07, 6.45) is 2.29. The summed E-state index contributed by atoms with van der Waals surface area (Å²) >= 11 is 5.39. The van der Waals surface area contributed by atoms with E-state index in [9.17, 15) is 4.79 Å². The Kier molecular flexibility index (Phi) is 1.53. The predicted octanol–water partition coefficient (Wildman–Crippen LogP) is 0.629. The second kappa shape index (κ2) is 2.18. The molecular formula is C5H6ClNO. The summed E-state index contributed by atoms with van der Waals surface area (Å²) in [7, 11) is 0. The lowest BCUT2D eigenvalue weighted by molar-refractivity contribution is -0.118. The Balaban J connectivity index is 2.49. The van der Waals surface area contributed by atoms with Crippen LogP contribution in [-0.2, 0) is 4.79 Å². The average Bonchev–Trinajstić information content (AvgIpc) is 2.14. The van der Waals surface area contributed by atoms with E-state index < -0.39 is 0 Å². The SMILES string of the molecule is O=C1CC=C(CCl)N1. The molecule has 1 aliphatic heterocycles. The van der Waals surface area contributed by atoms with Crippen LogP contribution in [-0.4, -0.2) is 11.8 Å². The van der Waals surface area contributed by atoms with Gasteiger partial charge in [-0.15, -0.1) is 11.6 Å². The predicted molar refractivity (Wildman–Crippen MR) is 31.6 cm³/mol. The molecule has 0 aromatic carbocycles. The Hall–Kier alpha value is -0.500. The standard InChI is InChI=1S/C5H6ClNO/c6-3-4-1-2-5(8)7-4/h1H,2-3H2,(H,7,8). The summed E-state index contributed by atoms with van der Waals surface area (Å²) in [5.41, 5.74) is 0.830. The number of hydrogen-bond acceptors (Lipinski definition) is 1. The van der Waals surface area contributed by atoms with Crippen molar-refractivity contribution >= 4 is 17.5 Å². The minimum Gasteiger partial charge on any atom is -0.329 e. The highest BCUT2D eigenvalue weighted by molar-refractivity contribution is 6.19. The van der Waals surface area contributed by atoms with E-state index in [-0.39, 0.29) is 5.91 Å². The number of allylic oxidation sites excluding steroid dienone is 1. The Morgan fingerprint density at radius 1 is 1.88 bits per heavy atom. The molecule has 3 heteroatoms. The van der Waals surface area contributed by atoms with Crippen molar-refractivity contribution in [1.82, 2.24) is 5.32 Å². The van der Waals surface area contributed by atoms with Crippen LogP contribution < -0.4 is 5.32 Å². The zero-order chi connectivity index (χ0) is 5.98. The molecule has 1 heterocycles. The van der Waals surface area contributed by atoms with Gasteiger partial charge in [-0.25, -0.2) is 0 Å². The van der Waals surface area contributed by atoms with Gasteiger partial charge in [-0.05, 0) is 0 Å². The lowest BCUT2D eigenvalue weighted by atomic mass is 10.4. The van der Waals surface area contributed by atoms with Gasteiger partial charge in [0.2, 0.25) is 5.91 Å². The number of amides is 1. The Morgan fingerprint density at radius 3 is 2.88 bits per heavy atom. The van der Waals surface area contributed by atoms with Gasteiger partial charge in [0.25, 0.3) is 0 Å². The fourth-order valence-electron chi connectivity index (χ4n) is 0.585. The molecule has 44 valence electrons. The number of rotatable bonds is 1. The number of nitrogens with one attached hydrogen (secondary N) is 1. The minimum absolute atomic E-state index is 0.0423. The van der Waals surface area contributed by atoms with Gasteiger partial charge in [0.15, 0.2) is 0 Å². The molecule has 2 nitrogen and oxygen atoms in total. The highest BCUT2D eigenvalue weighted by Crippen LogP contribution is 2.02. The van der Waals surface area contributed by atoms with Crippen LogP contribution in [0.15, 0.2) is 11.8 Å². The van der Waals surface area contributed by atoms with Crippen molar-refractivity contribution in [3.05, 3.63) is 11.8 Å². The number of carbonyl (C=O) groups excluding carboxylic acids is 1. The van der Waals surface area contributed by atoms with Gasteiger partial charge in [-0.1, -0.05) is 6.08 Å². The summed E-state index contributed by atoms with van der Waals surface area (Å²) in [5, 5.41) is 2.59. The van der Waals surface area contributed by atoms with Crippen LogP contribution in [0.1, 0.15) is 6.42 Å². The van der Waals surface area contributed by atoms with Gasteiger partial charge < -0.3 is 5.32 Å². The first-order valence-corrected chi connectivity index (χ1v) is 2.91. The highest BCUT2D eigenvalue weighted by Gasteiger charge is 2.08. The highest BCUT2D eigenvalue weighted by atomic mass is 35.5. The lowest BCUT2D eigenvalue weighted by Gasteiger charge is -1.92. The molecule has 8 heavy (non-hydrogen) atoms. The van der Waals surface area contributed by atoms with Crippen LogP contribution >= 0.6 is 11.6 Å². The third kappa shape index (κ3) is 1.01. The van der Waals surface area contributed by atoms with Crippen LogP contribution in [0, 0.1) is 0 Å². The molecule has 1 rings (SSSR count). The molecule has 1 amide bonds. The lowest BCUT2D eigenvalue weighted by Crippen LogP contribution is -2.15. The number of carbonyl (C=O) groups is 1. The topological polar surface area (TPSA) is 29.1 Å². The van der Waals surface area contributed by atoms with Crippen LogP contribution in [0.5, 0.6) is 0 Å². The monoisotopic (exact) mass is 131 g/mol. The van der Waals surface area contributed by atoms with E-state index in [1.807, 2.05) is 0 Å². The van der Waals surface area contributed by atoms with E-state index >= 15 is 0 Å². The largest absolute Gasteiger partial charge is 0.329 e. The van der Waals surface area contributed by atoms with Crippen molar-refractivity contribution in [2.45, 2.75) is 6.42 Å². The smallest absolute Gasteiger partial charge is 0.228 e. The van der Waals surface area contributed by atoms with E-state index in [2.05, 4.69) is 5.32 Å². The number of alkyl halides is 1. The molecule has 0 aromatic heterocycles. The average molecular weight is 132 g/mol. The Bertz CT molecular complexity index is 141. The molecule has 0 aromatic rings. The first-order valence-electron chi connectivity index (χ1n) is 2.38. The van der Waals surface area contributed by atoms with E-state index in [1.165, 1.54) is 0 Å². The summed E-state index contributed by atoms with van der Waals surface area (Å²) in [6, 6.07) is 0. The van der Waals surface area contributed by atoms with E-state index in [0.29, 0.717) is 12.3 Å². The zero-order valence-electron chi connectivity index (χ0n) is 4.28. The third-order valence-corrected chi connectivity index (χ3v) is 1.27. The normalized spacial score (nSPS) is 18.1. The third-order valence-electron chi connectivity index (χ3n) is 0.978. The molecule has 0 radical (unpaired) electrons. The minimum atomic E-state index is 0.0423. The molecular weight excluding hydrogens is 126 g/mol. The Labute approximate surface area is 52.5 Å². The first-order chi connectivity index (χ1) is 3.83. The fraction of sp³-hybridized carbons (Fsp3) is 0.400. The summed E-state index contributed by atoms with van der Waals surface area (Å²) in [5.74, 6) is 0.451. The number of hydrogen-bond donors (Lipinski definition) is 1. The second-order valence-corrected chi connectivity index (χ2v) is 1.88. The van der Waals surface area contributed by atoms with Gasteiger partial charge in [-0.3, -0.25) is 4.79 Å². The van der Waals surface area contributed by atoms with Crippen molar-refractivity contribution in [1.29, 1.82) is 0 Å². The van der Waals surface area contributed by atoms with Gasteiger partial charge in [0, 0.05) is 12.1 Å². The van der Waals surface area contributed by atoms with Gasteiger partial charge >= 0.3 is 0 Å². The van der Waals surface area contributed by atoms with E-state index in [1.54, 1.807) is 6.08 Å². The second-order valence-electron chi connectivity index (χ2n) is 1.62. The maximum absolute atomic E-state index is 10.4. The molecule has 0 aliphatic carbocycles. The van der Waals surface area contributed by atoms with E-state index in [0.717, 1.165) is 5.70 Å². The van der Waals surface area contributed by atoms with Gasteiger partial charge in [0.05, 0.1) is 5.88 Å². The molecule has 0 bridgehead atoms. The quantitative estimate of drug-likeness (QED) is 0.520. The molecule has 0 saturated heterocycles. The van der Waals surface area contributed by atoms with Crippen molar-refractivity contribution in [2.24, 2.45) is 0 Å². The molecule has 1 N–H and O–H groups in total. The Morgan fingerprint density at radius 2 is 2.62 bits per heavy atom. The molecule has 1 aliphatic rings. The van der Waals surface area contributed by atoms with Crippen molar-refractivity contribution in [3.8, 4) is 0 Å². The molecule has 0 atom stereocenters.